The first kappa shape index (κ1) is 14.3. The molecule has 0 aromatic heterocycles. The molecular formula is C15H30N2O. The van der Waals surface area contributed by atoms with E-state index in [0.717, 1.165) is 12.5 Å². The van der Waals surface area contributed by atoms with Crippen LogP contribution in [0.15, 0.2) is 0 Å². The lowest BCUT2D eigenvalue weighted by molar-refractivity contribution is -0.0859. The number of likely N-dealkylation sites (tertiary alicyclic amines) is 1. The zero-order chi connectivity index (χ0) is 13.2. The summed E-state index contributed by atoms with van der Waals surface area (Å²) in [5.41, 5.74) is 6.33. The van der Waals surface area contributed by atoms with Crippen molar-refractivity contribution < 1.29 is 4.74 Å². The third kappa shape index (κ3) is 2.33. The molecule has 3 heteroatoms. The van der Waals surface area contributed by atoms with E-state index in [0.29, 0.717) is 12.1 Å². The number of hydrogen-bond donors (Lipinski definition) is 1. The first-order valence-corrected chi connectivity index (χ1v) is 7.65. The van der Waals surface area contributed by atoms with E-state index < -0.39 is 0 Å². The minimum atomic E-state index is 0.110. The molecule has 0 radical (unpaired) electrons. The normalized spacial score (nSPS) is 38.5. The van der Waals surface area contributed by atoms with Gasteiger partial charge in [-0.2, -0.15) is 0 Å². The molecule has 2 rings (SSSR count). The molecule has 3 unspecified atom stereocenters. The molecule has 3 nitrogen and oxygen atoms in total. The van der Waals surface area contributed by atoms with Crippen molar-refractivity contribution in [1.29, 1.82) is 0 Å². The number of nitrogens with two attached hydrogens (primary N) is 1. The van der Waals surface area contributed by atoms with Crippen molar-refractivity contribution in [3.8, 4) is 0 Å². The Bertz CT molecular complexity index is 269. The van der Waals surface area contributed by atoms with Gasteiger partial charge in [-0.3, -0.25) is 4.90 Å². The standard InChI is InChI=1S/C15H30N2O/c1-12(2)13-7-6-10-17(13)15(11-16)9-5-4-8-14(15)18-3/h12-14H,4-11,16H2,1-3H3. The largest absolute Gasteiger partial charge is 0.379 e. The maximum absolute atomic E-state index is 6.22. The van der Waals surface area contributed by atoms with E-state index >= 15 is 0 Å². The topological polar surface area (TPSA) is 38.5 Å². The smallest absolute Gasteiger partial charge is 0.0767 e. The highest BCUT2D eigenvalue weighted by Crippen LogP contribution is 2.40. The Morgan fingerprint density at radius 1 is 1.28 bits per heavy atom. The van der Waals surface area contributed by atoms with Crippen LogP contribution in [0.4, 0.5) is 0 Å². The molecule has 3 atom stereocenters. The Morgan fingerprint density at radius 3 is 2.67 bits per heavy atom. The second kappa shape index (κ2) is 5.89. The van der Waals surface area contributed by atoms with Crippen LogP contribution >= 0.6 is 0 Å². The average molecular weight is 254 g/mol. The van der Waals surface area contributed by atoms with Crippen molar-refractivity contribution in [1.82, 2.24) is 4.90 Å². The van der Waals surface area contributed by atoms with Crippen molar-refractivity contribution in [3.63, 3.8) is 0 Å². The lowest BCUT2D eigenvalue weighted by atomic mass is 9.76. The van der Waals surface area contributed by atoms with Gasteiger partial charge in [0, 0.05) is 19.7 Å². The van der Waals surface area contributed by atoms with E-state index in [-0.39, 0.29) is 5.54 Å². The summed E-state index contributed by atoms with van der Waals surface area (Å²) >= 11 is 0. The van der Waals surface area contributed by atoms with Gasteiger partial charge in [-0.25, -0.2) is 0 Å². The molecule has 1 aliphatic heterocycles. The van der Waals surface area contributed by atoms with Gasteiger partial charge in [0.25, 0.3) is 0 Å². The summed E-state index contributed by atoms with van der Waals surface area (Å²) in [6.45, 7) is 6.64. The molecule has 0 bridgehead atoms. The van der Waals surface area contributed by atoms with E-state index in [4.69, 9.17) is 10.5 Å². The fourth-order valence-electron chi connectivity index (χ4n) is 4.25. The number of rotatable bonds is 4. The van der Waals surface area contributed by atoms with Crippen LogP contribution < -0.4 is 5.73 Å². The quantitative estimate of drug-likeness (QED) is 0.837. The Kier molecular flexibility index (Phi) is 4.68. The molecule has 2 N–H and O–H groups in total. The van der Waals surface area contributed by atoms with Gasteiger partial charge in [-0.1, -0.05) is 26.7 Å². The first-order chi connectivity index (χ1) is 8.65. The summed E-state index contributed by atoms with van der Waals surface area (Å²) in [6, 6.07) is 0.698. The van der Waals surface area contributed by atoms with Crippen LogP contribution in [0.2, 0.25) is 0 Å². The van der Waals surface area contributed by atoms with Gasteiger partial charge in [0.05, 0.1) is 11.6 Å². The Balaban J connectivity index is 2.24. The molecular weight excluding hydrogens is 224 g/mol. The zero-order valence-electron chi connectivity index (χ0n) is 12.3. The van der Waals surface area contributed by atoms with E-state index in [1.54, 1.807) is 0 Å². The maximum atomic E-state index is 6.22. The van der Waals surface area contributed by atoms with Crippen molar-refractivity contribution in [2.45, 2.75) is 70.1 Å². The van der Waals surface area contributed by atoms with Crippen LogP contribution in [0.3, 0.4) is 0 Å². The fourth-order valence-corrected chi connectivity index (χ4v) is 4.25. The summed E-state index contributed by atoms with van der Waals surface area (Å²) in [5, 5.41) is 0. The highest BCUT2D eigenvalue weighted by molar-refractivity contribution is 5.05. The molecule has 1 heterocycles. The predicted molar refractivity (Wildman–Crippen MR) is 75.6 cm³/mol. The van der Waals surface area contributed by atoms with Gasteiger partial charge in [-0.15, -0.1) is 0 Å². The monoisotopic (exact) mass is 254 g/mol. The van der Waals surface area contributed by atoms with Gasteiger partial charge in [0.15, 0.2) is 0 Å². The van der Waals surface area contributed by atoms with Crippen molar-refractivity contribution >= 4 is 0 Å². The lowest BCUT2D eigenvalue weighted by Crippen LogP contribution is -2.64. The Morgan fingerprint density at radius 2 is 2.06 bits per heavy atom. The average Bonchev–Trinajstić information content (AvgIpc) is 2.88. The molecule has 1 aliphatic carbocycles. The van der Waals surface area contributed by atoms with Crippen molar-refractivity contribution in [2.75, 3.05) is 20.2 Å². The number of methoxy groups -OCH3 is 1. The molecule has 0 aromatic rings. The van der Waals surface area contributed by atoms with Gasteiger partial charge in [0.2, 0.25) is 0 Å². The lowest BCUT2D eigenvalue weighted by Gasteiger charge is -2.51. The number of ether oxygens (including phenoxy) is 1. The van der Waals surface area contributed by atoms with E-state index in [2.05, 4.69) is 18.7 Å². The summed E-state index contributed by atoms with van der Waals surface area (Å²) < 4.78 is 5.82. The highest BCUT2D eigenvalue weighted by Gasteiger charge is 2.48. The van der Waals surface area contributed by atoms with Crippen LogP contribution in [-0.2, 0) is 4.74 Å². The molecule has 2 fully saturated rings. The molecule has 1 saturated heterocycles. The minimum absolute atomic E-state index is 0.110. The molecule has 2 aliphatic rings. The molecule has 0 aromatic carbocycles. The summed E-state index contributed by atoms with van der Waals surface area (Å²) in [5.74, 6) is 0.718. The summed E-state index contributed by atoms with van der Waals surface area (Å²) in [7, 11) is 1.86. The summed E-state index contributed by atoms with van der Waals surface area (Å²) in [4.78, 5) is 2.71. The SMILES string of the molecule is COC1CCCCC1(CN)N1CCCC1C(C)C. The first-order valence-electron chi connectivity index (χ1n) is 7.65. The Labute approximate surface area is 112 Å². The third-order valence-electron chi connectivity index (χ3n) is 5.20. The predicted octanol–water partition coefficient (Wildman–Crippen LogP) is 2.39. The second-order valence-corrected chi connectivity index (χ2v) is 6.42. The van der Waals surface area contributed by atoms with Crippen LogP contribution in [0, 0.1) is 5.92 Å². The second-order valence-electron chi connectivity index (χ2n) is 6.42. The van der Waals surface area contributed by atoms with Crippen LogP contribution in [0.5, 0.6) is 0 Å². The van der Waals surface area contributed by atoms with Crippen molar-refractivity contribution in [3.05, 3.63) is 0 Å². The van der Waals surface area contributed by atoms with Gasteiger partial charge in [0.1, 0.15) is 0 Å². The Hall–Kier alpha value is -0.120. The molecule has 1 saturated carbocycles. The molecule has 106 valence electrons. The molecule has 18 heavy (non-hydrogen) atoms. The van der Waals surface area contributed by atoms with E-state index in [9.17, 15) is 0 Å². The number of nitrogens with zero attached hydrogens (tertiary/aromatic N) is 1. The van der Waals surface area contributed by atoms with E-state index in [1.807, 2.05) is 7.11 Å². The highest BCUT2D eigenvalue weighted by atomic mass is 16.5. The van der Waals surface area contributed by atoms with Crippen molar-refractivity contribution in [2.24, 2.45) is 11.7 Å². The number of hydrogen-bond acceptors (Lipinski definition) is 3. The van der Waals surface area contributed by atoms with Gasteiger partial charge < -0.3 is 10.5 Å². The maximum Gasteiger partial charge on any atom is 0.0767 e. The zero-order valence-corrected chi connectivity index (χ0v) is 12.3. The van der Waals surface area contributed by atoms with Gasteiger partial charge >= 0.3 is 0 Å². The van der Waals surface area contributed by atoms with Gasteiger partial charge in [-0.05, 0) is 38.1 Å². The molecule has 0 spiro atoms. The minimum Gasteiger partial charge on any atom is -0.379 e. The van der Waals surface area contributed by atoms with Crippen LogP contribution in [0.1, 0.15) is 52.4 Å². The van der Waals surface area contributed by atoms with Crippen LogP contribution in [-0.4, -0.2) is 42.8 Å². The fraction of sp³-hybridized carbons (Fsp3) is 1.00. The van der Waals surface area contributed by atoms with E-state index in [1.165, 1.54) is 45.1 Å². The molecule has 0 amide bonds. The summed E-state index contributed by atoms with van der Waals surface area (Å²) in [6.07, 6.45) is 7.96. The third-order valence-corrected chi connectivity index (χ3v) is 5.20. The van der Waals surface area contributed by atoms with Crippen LogP contribution in [0.25, 0.3) is 0 Å².